The average molecular weight is 245 g/mol. The van der Waals surface area contributed by atoms with Gasteiger partial charge in [0.25, 0.3) is 5.91 Å². The first-order valence-corrected chi connectivity index (χ1v) is 6.39. The van der Waals surface area contributed by atoms with E-state index in [0.29, 0.717) is 18.0 Å². The molecule has 96 valence electrons. The first-order chi connectivity index (χ1) is 8.66. The van der Waals surface area contributed by atoms with Crippen molar-refractivity contribution in [1.82, 2.24) is 5.32 Å². The highest BCUT2D eigenvalue weighted by Gasteiger charge is 2.14. The van der Waals surface area contributed by atoms with Crippen LogP contribution in [0.1, 0.15) is 35.2 Å². The van der Waals surface area contributed by atoms with Crippen molar-refractivity contribution < 1.29 is 9.90 Å². The van der Waals surface area contributed by atoms with Crippen molar-refractivity contribution in [1.29, 1.82) is 0 Å². The summed E-state index contributed by atoms with van der Waals surface area (Å²) in [6, 6.07) is 5.07. The molecule has 0 fully saturated rings. The van der Waals surface area contributed by atoms with Gasteiger partial charge in [-0.1, -0.05) is 23.8 Å². The molecule has 1 aliphatic carbocycles. The van der Waals surface area contributed by atoms with E-state index in [1.165, 1.54) is 0 Å². The van der Waals surface area contributed by atoms with Crippen LogP contribution in [0.25, 0.3) is 0 Å². The first kappa shape index (κ1) is 12.7. The van der Waals surface area contributed by atoms with Gasteiger partial charge in [-0.05, 0) is 44.2 Å². The third-order valence-corrected chi connectivity index (χ3v) is 3.33. The van der Waals surface area contributed by atoms with Crippen molar-refractivity contribution in [3.8, 4) is 5.75 Å². The highest BCUT2D eigenvalue weighted by atomic mass is 16.3. The molecule has 0 heterocycles. The Hall–Kier alpha value is -1.77. The lowest BCUT2D eigenvalue weighted by molar-refractivity contribution is 0.0943. The lowest BCUT2D eigenvalue weighted by Gasteiger charge is -2.18. The van der Waals surface area contributed by atoms with Gasteiger partial charge in [0.15, 0.2) is 0 Å². The van der Waals surface area contributed by atoms with E-state index in [2.05, 4.69) is 17.5 Å². The predicted molar refractivity (Wildman–Crippen MR) is 71.7 cm³/mol. The molecule has 1 atom stereocenters. The molecule has 18 heavy (non-hydrogen) atoms. The summed E-state index contributed by atoms with van der Waals surface area (Å²) in [5.41, 5.74) is 1.33. The number of hydrogen-bond donors (Lipinski definition) is 2. The maximum absolute atomic E-state index is 12.0. The molecule has 0 saturated carbocycles. The van der Waals surface area contributed by atoms with Crippen LogP contribution in [-0.4, -0.2) is 17.6 Å². The fourth-order valence-corrected chi connectivity index (χ4v) is 2.21. The standard InChI is InChI=1S/C15H19NO2/c1-11-7-8-14(17)13(9-11)15(18)16-10-12-5-3-2-4-6-12/h2-3,7-9,12,17H,4-6,10H2,1H3,(H,16,18). The second-order valence-electron chi connectivity index (χ2n) is 4.88. The van der Waals surface area contributed by atoms with Crippen LogP contribution in [0.3, 0.4) is 0 Å². The van der Waals surface area contributed by atoms with E-state index >= 15 is 0 Å². The molecule has 1 aliphatic rings. The van der Waals surface area contributed by atoms with Gasteiger partial charge in [0.2, 0.25) is 0 Å². The van der Waals surface area contributed by atoms with Crippen LogP contribution in [0.15, 0.2) is 30.4 Å². The van der Waals surface area contributed by atoms with Crippen LogP contribution >= 0.6 is 0 Å². The number of rotatable bonds is 3. The van der Waals surface area contributed by atoms with E-state index in [1.807, 2.05) is 6.92 Å². The Kier molecular flexibility index (Phi) is 4.03. The number of hydrogen-bond acceptors (Lipinski definition) is 2. The predicted octanol–water partition coefficient (Wildman–Crippen LogP) is 2.79. The number of phenols is 1. The molecule has 0 radical (unpaired) electrons. The smallest absolute Gasteiger partial charge is 0.255 e. The van der Waals surface area contributed by atoms with Crippen molar-refractivity contribution in [3.05, 3.63) is 41.5 Å². The number of aryl methyl sites for hydroxylation is 1. The summed E-state index contributed by atoms with van der Waals surface area (Å²) < 4.78 is 0. The number of phenolic OH excluding ortho intramolecular Hbond substituents is 1. The van der Waals surface area contributed by atoms with Crippen LogP contribution in [-0.2, 0) is 0 Å². The Bertz CT molecular complexity index is 466. The van der Waals surface area contributed by atoms with Crippen LogP contribution in [0, 0.1) is 12.8 Å². The molecule has 0 spiro atoms. The molecule has 0 aliphatic heterocycles. The van der Waals surface area contributed by atoms with E-state index in [9.17, 15) is 9.90 Å². The van der Waals surface area contributed by atoms with Gasteiger partial charge in [-0.25, -0.2) is 0 Å². The number of carbonyl (C=O) groups excluding carboxylic acids is 1. The van der Waals surface area contributed by atoms with Crippen LogP contribution in [0.4, 0.5) is 0 Å². The third-order valence-electron chi connectivity index (χ3n) is 3.33. The van der Waals surface area contributed by atoms with E-state index < -0.39 is 0 Å². The molecule has 2 rings (SSSR count). The van der Waals surface area contributed by atoms with Crippen LogP contribution in [0.2, 0.25) is 0 Å². The Morgan fingerprint density at radius 3 is 3.00 bits per heavy atom. The number of aromatic hydroxyl groups is 1. The highest BCUT2D eigenvalue weighted by molar-refractivity contribution is 5.96. The van der Waals surface area contributed by atoms with Gasteiger partial charge in [-0.3, -0.25) is 4.79 Å². The maximum Gasteiger partial charge on any atom is 0.255 e. The molecule has 0 bridgehead atoms. The molecule has 1 aromatic carbocycles. The Morgan fingerprint density at radius 2 is 2.28 bits per heavy atom. The normalized spacial score (nSPS) is 18.6. The Labute approximate surface area is 108 Å². The molecule has 1 aromatic rings. The molecule has 2 N–H and O–H groups in total. The average Bonchev–Trinajstić information content (AvgIpc) is 2.40. The van der Waals surface area contributed by atoms with E-state index in [0.717, 1.165) is 24.8 Å². The Balaban J connectivity index is 1.95. The number of nitrogens with one attached hydrogen (secondary N) is 1. The number of carbonyl (C=O) groups is 1. The SMILES string of the molecule is Cc1ccc(O)c(C(=O)NCC2CC=CCC2)c1. The van der Waals surface area contributed by atoms with Crippen LogP contribution in [0.5, 0.6) is 5.75 Å². The third kappa shape index (κ3) is 3.13. The molecular weight excluding hydrogens is 226 g/mol. The van der Waals surface area contributed by atoms with Gasteiger partial charge < -0.3 is 10.4 Å². The maximum atomic E-state index is 12.0. The van der Waals surface area contributed by atoms with Crippen molar-refractivity contribution in [2.75, 3.05) is 6.54 Å². The zero-order valence-corrected chi connectivity index (χ0v) is 10.6. The van der Waals surface area contributed by atoms with E-state index in [4.69, 9.17) is 0 Å². The highest BCUT2D eigenvalue weighted by Crippen LogP contribution is 2.19. The minimum Gasteiger partial charge on any atom is -0.507 e. The summed E-state index contributed by atoms with van der Waals surface area (Å²) in [4.78, 5) is 12.0. The molecule has 0 aromatic heterocycles. The summed E-state index contributed by atoms with van der Waals surface area (Å²) in [6.45, 7) is 2.58. The van der Waals surface area contributed by atoms with Crippen molar-refractivity contribution in [2.24, 2.45) is 5.92 Å². The van der Waals surface area contributed by atoms with E-state index in [1.54, 1.807) is 18.2 Å². The summed E-state index contributed by atoms with van der Waals surface area (Å²) >= 11 is 0. The van der Waals surface area contributed by atoms with Gasteiger partial charge in [-0.15, -0.1) is 0 Å². The van der Waals surface area contributed by atoms with Crippen molar-refractivity contribution in [2.45, 2.75) is 26.2 Å². The number of amides is 1. The van der Waals surface area contributed by atoms with Crippen LogP contribution < -0.4 is 5.32 Å². The summed E-state index contributed by atoms with van der Waals surface area (Å²) in [6.07, 6.45) is 7.60. The van der Waals surface area contributed by atoms with Crippen molar-refractivity contribution >= 4 is 5.91 Å². The van der Waals surface area contributed by atoms with Gasteiger partial charge in [0.1, 0.15) is 5.75 Å². The Morgan fingerprint density at radius 1 is 1.44 bits per heavy atom. The fourth-order valence-electron chi connectivity index (χ4n) is 2.21. The summed E-state index contributed by atoms with van der Waals surface area (Å²) in [5, 5.41) is 12.6. The lowest BCUT2D eigenvalue weighted by Crippen LogP contribution is -2.29. The number of allylic oxidation sites excluding steroid dienone is 2. The molecule has 3 heteroatoms. The largest absolute Gasteiger partial charge is 0.507 e. The molecular formula is C15H19NO2. The fraction of sp³-hybridized carbons (Fsp3) is 0.400. The molecule has 3 nitrogen and oxygen atoms in total. The van der Waals surface area contributed by atoms with E-state index in [-0.39, 0.29) is 11.7 Å². The van der Waals surface area contributed by atoms with Gasteiger partial charge in [-0.2, -0.15) is 0 Å². The number of benzene rings is 1. The lowest BCUT2D eigenvalue weighted by atomic mass is 9.94. The molecule has 0 saturated heterocycles. The molecule has 1 amide bonds. The zero-order chi connectivity index (χ0) is 13.0. The quantitative estimate of drug-likeness (QED) is 0.804. The molecule has 1 unspecified atom stereocenters. The summed E-state index contributed by atoms with van der Waals surface area (Å²) in [7, 11) is 0. The van der Waals surface area contributed by atoms with Crippen molar-refractivity contribution in [3.63, 3.8) is 0 Å². The monoisotopic (exact) mass is 245 g/mol. The second kappa shape index (κ2) is 5.71. The first-order valence-electron chi connectivity index (χ1n) is 6.39. The minimum absolute atomic E-state index is 0.0432. The second-order valence-corrected chi connectivity index (χ2v) is 4.88. The van der Waals surface area contributed by atoms with Gasteiger partial charge in [0, 0.05) is 6.54 Å². The van der Waals surface area contributed by atoms with Gasteiger partial charge >= 0.3 is 0 Å². The summed E-state index contributed by atoms with van der Waals surface area (Å²) in [5.74, 6) is 0.373. The zero-order valence-electron chi connectivity index (χ0n) is 10.6. The minimum atomic E-state index is -0.189. The van der Waals surface area contributed by atoms with Gasteiger partial charge in [0.05, 0.1) is 5.56 Å². The topological polar surface area (TPSA) is 49.3 Å².